The summed E-state index contributed by atoms with van der Waals surface area (Å²) in [6, 6.07) is 0. The fourth-order valence-electron chi connectivity index (χ4n) is 1.70. The molecule has 0 bridgehead atoms. The first kappa shape index (κ1) is 10.5. The number of hydrogen-bond donors (Lipinski definition) is 1. The Labute approximate surface area is 79.8 Å². The van der Waals surface area contributed by atoms with E-state index in [0.717, 1.165) is 19.4 Å². The summed E-state index contributed by atoms with van der Waals surface area (Å²) in [4.78, 5) is 0. The molecule has 1 atom stereocenters. The van der Waals surface area contributed by atoms with Crippen molar-refractivity contribution in [1.82, 2.24) is 0 Å². The normalized spacial score (nSPS) is 23.8. The Morgan fingerprint density at radius 3 is 3.00 bits per heavy atom. The molecule has 1 aliphatic rings. The highest BCUT2D eigenvalue weighted by molar-refractivity contribution is 5.55. The second-order valence-electron chi connectivity index (χ2n) is 3.57. The summed E-state index contributed by atoms with van der Waals surface area (Å²) >= 11 is 0. The lowest BCUT2D eigenvalue weighted by molar-refractivity contribution is 0.00994. The quantitative estimate of drug-likeness (QED) is 0.309. The zero-order valence-corrected chi connectivity index (χ0v) is 8.11. The zero-order valence-electron chi connectivity index (χ0n) is 8.11. The summed E-state index contributed by atoms with van der Waals surface area (Å²) < 4.78 is 5.60. The van der Waals surface area contributed by atoms with Gasteiger partial charge < -0.3 is 9.94 Å². The van der Waals surface area contributed by atoms with Gasteiger partial charge in [-0.15, -0.1) is 5.16 Å². The number of nitrogens with zero attached hydrogens (tertiary/aromatic N) is 1. The molecule has 1 aliphatic heterocycles. The largest absolute Gasteiger partial charge is 0.411 e. The predicted octanol–water partition coefficient (Wildman–Crippen LogP) is 2.58. The van der Waals surface area contributed by atoms with Gasteiger partial charge >= 0.3 is 0 Å². The van der Waals surface area contributed by atoms with Gasteiger partial charge in [0.2, 0.25) is 0 Å². The summed E-state index contributed by atoms with van der Waals surface area (Å²) in [6.07, 6.45) is 10.2. The lowest BCUT2D eigenvalue weighted by Crippen LogP contribution is -2.18. The molecule has 1 rings (SSSR count). The van der Waals surface area contributed by atoms with Crippen molar-refractivity contribution in [1.29, 1.82) is 0 Å². The van der Waals surface area contributed by atoms with E-state index >= 15 is 0 Å². The van der Waals surface area contributed by atoms with Crippen molar-refractivity contribution in [3.8, 4) is 0 Å². The van der Waals surface area contributed by atoms with Crippen molar-refractivity contribution in [2.45, 2.75) is 51.0 Å². The van der Waals surface area contributed by atoms with Crippen LogP contribution in [0.4, 0.5) is 0 Å². The van der Waals surface area contributed by atoms with Gasteiger partial charge in [-0.1, -0.05) is 6.42 Å². The molecule has 3 nitrogen and oxygen atoms in total. The van der Waals surface area contributed by atoms with Crippen LogP contribution in [0.3, 0.4) is 0 Å². The van der Waals surface area contributed by atoms with E-state index in [0.29, 0.717) is 6.10 Å². The molecule has 0 aliphatic carbocycles. The number of rotatable bonds is 5. The number of unbranched alkanes of at least 4 members (excludes halogenated alkanes) is 2. The van der Waals surface area contributed by atoms with Crippen LogP contribution in [0.25, 0.3) is 0 Å². The van der Waals surface area contributed by atoms with Crippen LogP contribution in [0.5, 0.6) is 0 Å². The van der Waals surface area contributed by atoms with E-state index in [9.17, 15) is 0 Å². The highest BCUT2D eigenvalue weighted by atomic mass is 16.5. The van der Waals surface area contributed by atoms with Crippen molar-refractivity contribution < 1.29 is 9.94 Å². The van der Waals surface area contributed by atoms with Crippen LogP contribution >= 0.6 is 0 Å². The standard InChI is InChI=1S/C10H19NO2/c12-11-8-4-1-2-6-10-7-3-5-9-13-10/h8,10,12H,1-7,9H2/b11-8+. The van der Waals surface area contributed by atoms with E-state index in [1.54, 1.807) is 6.21 Å². The van der Waals surface area contributed by atoms with E-state index in [-0.39, 0.29) is 0 Å². The van der Waals surface area contributed by atoms with Gasteiger partial charge in [0.05, 0.1) is 6.10 Å². The molecule has 0 aromatic carbocycles. The van der Waals surface area contributed by atoms with E-state index in [4.69, 9.17) is 9.94 Å². The van der Waals surface area contributed by atoms with E-state index in [1.165, 1.54) is 32.1 Å². The fourth-order valence-corrected chi connectivity index (χ4v) is 1.70. The molecule has 0 amide bonds. The molecule has 1 heterocycles. The molecule has 1 unspecified atom stereocenters. The summed E-state index contributed by atoms with van der Waals surface area (Å²) in [5.74, 6) is 0. The van der Waals surface area contributed by atoms with Crippen LogP contribution in [-0.2, 0) is 4.74 Å². The topological polar surface area (TPSA) is 41.8 Å². The van der Waals surface area contributed by atoms with Gasteiger partial charge in [0, 0.05) is 12.8 Å². The predicted molar refractivity (Wildman–Crippen MR) is 52.3 cm³/mol. The maximum absolute atomic E-state index is 8.16. The maximum atomic E-state index is 8.16. The van der Waals surface area contributed by atoms with Gasteiger partial charge in [0.1, 0.15) is 0 Å². The average Bonchev–Trinajstić information content (AvgIpc) is 2.19. The highest BCUT2D eigenvalue weighted by Crippen LogP contribution is 2.17. The Bertz CT molecular complexity index is 142. The van der Waals surface area contributed by atoms with E-state index in [2.05, 4.69) is 5.16 Å². The SMILES string of the molecule is O/N=C/CCCCC1CCCCO1. The van der Waals surface area contributed by atoms with Crippen LogP contribution in [0.1, 0.15) is 44.9 Å². The third kappa shape index (κ3) is 4.88. The Morgan fingerprint density at radius 1 is 1.38 bits per heavy atom. The molecule has 0 aromatic rings. The minimum Gasteiger partial charge on any atom is -0.411 e. The van der Waals surface area contributed by atoms with Crippen LogP contribution in [0, 0.1) is 0 Å². The summed E-state index contributed by atoms with van der Waals surface area (Å²) in [5, 5.41) is 11.1. The first-order valence-electron chi connectivity index (χ1n) is 5.21. The molecule has 0 saturated carbocycles. The van der Waals surface area contributed by atoms with Crippen molar-refractivity contribution in [2.75, 3.05) is 6.61 Å². The molecule has 0 aromatic heterocycles. The highest BCUT2D eigenvalue weighted by Gasteiger charge is 2.12. The Hall–Kier alpha value is -0.570. The third-order valence-corrected chi connectivity index (χ3v) is 2.46. The lowest BCUT2D eigenvalue weighted by Gasteiger charge is -2.22. The van der Waals surface area contributed by atoms with Gasteiger partial charge in [-0.05, 0) is 38.5 Å². The second-order valence-corrected chi connectivity index (χ2v) is 3.57. The maximum Gasteiger partial charge on any atom is 0.0575 e. The second kappa shape index (κ2) is 6.89. The number of oxime groups is 1. The molecule has 3 heteroatoms. The Balaban J connectivity index is 1.92. The Kier molecular flexibility index (Phi) is 5.57. The van der Waals surface area contributed by atoms with Gasteiger partial charge in [0.25, 0.3) is 0 Å². The third-order valence-electron chi connectivity index (χ3n) is 2.46. The van der Waals surface area contributed by atoms with Crippen molar-refractivity contribution in [3.63, 3.8) is 0 Å². The summed E-state index contributed by atoms with van der Waals surface area (Å²) in [5.41, 5.74) is 0. The molecular weight excluding hydrogens is 166 g/mol. The Morgan fingerprint density at radius 2 is 2.31 bits per heavy atom. The van der Waals surface area contributed by atoms with Crippen molar-refractivity contribution >= 4 is 6.21 Å². The molecule has 0 radical (unpaired) electrons. The van der Waals surface area contributed by atoms with Crippen LogP contribution < -0.4 is 0 Å². The summed E-state index contributed by atoms with van der Waals surface area (Å²) in [6.45, 7) is 0.947. The molecule has 76 valence electrons. The first-order chi connectivity index (χ1) is 6.43. The molecule has 13 heavy (non-hydrogen) atoms. The van der Waals surface area contributed by atoms with Gasteiger partial charge in [-0.25, -0.2) is 0 Å². The van der Waals surface area contributed by atoms with Gasteiger partial charge in [0.15, 0.2) is 0 Å². The number of hydrogen-bond acceptors (Lipinski definition) is 3. The molecule has 0 spiro atoms. The lowest BCUT2D eigenvalue weighted by atomic mass is 10.0. The summed E-state index contributed by atoms with van der Waals surface area (Å²) in [7, 11) is 0. The fraction of sp³-hybridized carbons (Fsp3) is 0.900. The van der Waals surface area contributed by atoms with Crippen molar-refractivity contribution in [2.24, 2.45) is 5.16 Å². The molecule has 1 fully saturated rings. The monoisotopic (exact) mass is 185 g/mol. The minimum absolute atomic E-state index is 0.500. The van der Waals surface area contributed by atoms with E-state index in [1.807, 2.05) is 0 Å². The van der Waals surface area contributed by atoms with E-state index < -0.39 is 0 Å². The van der Waals surface area contributed by atoms with Crippen LogP contribution in [0.2, 0.25) is 0 Å². The van der Waals surface area contributed by atoms with Crippen LogP contribution in [0.15, 0.2) is 5.16 Å². The smallest absolute Gasteiger partial charge is 0.0575 e. The average molecular weight is 185 g/mol. The number of ether oxygens (including phenoxy) is 1. The van der Waals surface area contributed by atoms with Crippen molar-refractivity contribution in [3.05, 3.63) is 0 Å². The molecule has 1 saturated heterocycles. The van der Waals surface area contributed by atoms with Gasteiger partial charge in [-0.3, -0.25) is 0 Å². The first-order valence-corrected chi connectivity index (χ1v) is 5.21. The van der Waals surface area contributed by atoms with Gasteiger partial charge in [-0.2, -0.15) is 0 Å². The molecule has 1 N–H and O–H groups in total. The zero-order chi connectivity index (χ0) is 9.36. The molecular formula is C10H19NO2. The minimum atomic E-state index is 0.500. The van der Waals surface area contributed by atoms with Crippen LogP contribution in [-0.4, -0.2) is 24.1 Å².